The van der Waals surface area contributed by atoms with Crippen molar-refractivity contribution in [2.75, 3.05) is 58.3 Å². The molecule has 0 spiro atoms. The number of nitrogens with two attached hydrogens (primary N) is 2. The van der Waals surface area contributed by atoms with Crippen LogP contribution < -0.4 is 26.4 Å². The number of methoxy groups -OCH3 is 1. The van der Waals surface area contributed by atoms with E-state index in [9.17, 15) is 0 Å². The first-order valence-electron chi connectivity index (χ1n) is 12.3. The monoisotopic (exact) mass is 479 g/mol. The molecule has 0 radical (unpaired) electrons. The van der Waals surface area contributed by atoms with Crippen LogP contribution in [0.25, 0.3) is 11.1 Å². The Kier molecular flexibility index (Phi) is 6.43. The molecule has 4 heterocycles. The summed E-state index contributed by atoms with van der Waals surface area (Å²) < 4.78 is 7.67. The van der Waals surface area contributed by atoms with Gasteiger partial charge in [0.2, 0.25) is 0 Å². The summed E-state index contributed by atoms with van der Waals surface area (Å²) in [6.45, 7) is 6.62. The summed E-state index contributed by atoms with van der Waals surface area (Å²) in [7, 11) is 5.81. The van der Waals surface area contributed by atoms with Crippen LogP contribution in [-0.2, 0) is 12.7 Å². The summed E-state index contributed by atoms with van der Waals surface area (Å²) in [6, 6.07) is 4.83. The second-order valence-corrected chi connectivity index (χ2v) is 9.86. The van der Waals surface area contributed by atoms with Crippen LogP contribution in [0.4, 0.5) is 5.69 Å². The largest absolute Gasteiger partial charge is 0.496 e. The van der Waals surface area contributed by atoms with Gasteiger partial charge in [0, 0.05) is 93.1 Å². The number of anilines is 1. The van der Waals surface area contributed by atoms with E-state index in [-0.39, 0.29) is 0 Å². The molecule has 188 valence electrons. The van der Waals surface area contributed by atoms with E-state index < -0.39 is 5.66 Å². The Bertz CT molecular complexity index is 1110. The van der Waals surface area contributed by atoms with Crippen LogP contribution in [0.1, 0.15) is 18.4 Å². The van der Waals surface area contributed by atoms with Gasteiger partial charge in [0.05, 0.1) is 19.6 Å². The lowest BCUT2D eigenvalue weighted by atomic mass is 9.92. The Morgan fingerprint density at radius 1 is 1.09 bits per heavy atom. The molecule has 10 nitrogen and oxygen atoms in total. The molecule has 0 bridgehead atoms. The summed E-state index contributed by atoms with van der Waals surface area (Å²) in [4.78, 5) is 12.1. The molecular weight excluding hydrogens is 442 g/mol. The number of rotatable bonds is 5. The first-order valence-corrected chi connectivity index (χ1v) is 12.3. The Hall–Kier alpha value is -3.08. The average molecular weight is 480 g/mol. The van der Waals surface area contributed by atoms with Crippen molar-refractivity contribution >= 4 is 12.0 Å². The normalized spacial score (nSPS) is 24.3. The van der Waals surface area contributed by atoms with Crippen molar-refractivity contribution in [3.8, 4) is 16.9 Å². The quantitative estimate of drug-likeness (QED) is 0.579. The van der Waals surface area contributed by atoms with Crippen LogP contribution in [0, 0.1) is 0 Å². The SMILES string of the molecule is COc1cc(N2CCC(N3CCN(C)CC3)CC2)c(-c2cnn(C)c2)cc1C1(N)C=C(N)NC=N1. The van der Waals surface area contributed by atoms with Crippen molar-refractivity contribution in [1.82, 2.24) is 24.9 Å². The average Bonchev–Trinajstić information content (AvgIpc) is 3.30. The van der Waals surface area contributed by atoms with Gasteiger partial charge in [-0.15, -0.1) is 0 Å². The standard InChI is InChI=1S/C25H37N9O/c1-31-8-10-33(11-9-31)19-4-6-34(7-5-19)22-13-23(35-3)21(25(27)14-24(26)28-17-29-25)12-20(22)18-15-30-32(2)16-18/h12-17,19H,4-11,26-27H2,1-3H3,(H,28,29). The van der Waals surface area contributed by atoms with Crippen LogP contribution in [0.3, 0.4) is 0 Å². The van der Waals surface area contributed by atoms with Gasteiger partial charge in [-0.3, -0.25) is 15.3 Å². The fourth-order valence-corrected chi connectivity index (χ4v) is 5.44. The zero-order chi connectivity index (χ0) is 24.6. The number of likely N-dealkylation sites (N-methyl/N-ethyl adjacent to an activating group) is 1. The van der Waals surface area contributed by atoms with Gasteiger partial charge in [-0.1, -0.05) is 0 Å². The molecule has 0 amide bonds. The number of ether oxygens (including phenoxy) is 1. The highest BCUT2D eigenvalue weighted by atomic mass is 16.5. The molecule has 10 heteroatoms. The fraction of sp³-hybridized carbons (Fsp3) is 0.520. The number of benzene rings is 1. The zero-order valence-electron chi connectivity index (χ0n) is 20.9. The highest BCUT2D eigenvalue weighted by molar-refractivity contribution is 5.81. The van der Waals surface area contributed by atoms with Crippen molar-refractivity contribution in [2.45, 2.75) is 24.5 Å². The van der Waals surface area contributed by atoms with Gasteiger partial charge in [-0.25, -0.2) is 4.99 Å². The second kappa shape index (κ2) is 9.52. The van der Waals surface area contributed by atoms with Crippen molar-refractivity contribution in [3.05, 3.63) is 42.0 Å². The highest BCUT2D eigenvalue weighted by Crippen LogP contribution is 2.42. The zero-order valence-corrected chi connectivity index (χ0v) is 20.9. The van der Waals surface area contributed by atoms with Gasteiger partial charge in [0.25, 0.3) is 0 Å². The van der Waals surface area contributed by atoms with Gasteiger partial charge >= 0.3 is 0 Å². The van der Waals surface area contributed by atoms with Crippen molar-refractivity contribution in [1.29, 1.82) is 0 Å². The van der Waals surface area contributed by atoms with Gasteiger partial charge in [0.15, 0.2) is 5.66 Å². The molecule has 3 aliphatic rings. The topological polar surface area (TPSA) is 113 Å². The first-order chi connectivity index (χ1) is 16.9. The maximum atomic E-state index is 6.72. The highest BCUT2D eigenvalue weighted by Gasteiger charge is 2.33. The molecule has 2 saturated heterocycles. The summed E-state index contributed by atoms with van der Waals surface area (Å²) in [5.74, 6) is 1.15. The van der Waals surface area contributed by atoms with E-state index in [0.29, 0.717) is 17.6 Å². The van der Waals surface area contributed by atoms with Crippen LogP contribution in [0.15, 0.2) is 41.4 Å². The van der Waals surface area contributed by atoms with E-state index in [1.54, 1.807) is 13.2 Å². The molecule has 2 aromatic rings. The minimum Gasteiger partial charge on any atom is -0.496 e. The summed E-state index contributed by atoms with van der Waals surface area (Å²) in [5.41, 5.74) is 15.6. The molecular formula is C25H37N9O. The van der Waals surface area contributed by atoms with Crippen molar-refractivity contribution in [2.24, 2.45) is 23.5 Å². The molecule has 2 fully saturated rings. The molecule has 5 rings (SSSR count). The van der Waals surface area contributed by atoms with Crippen LogP contribution in [0.2, 0.25) is 0 Å². The molecule has 1 aromatic carbocycles. The van der Waals surface area contributed by atoms with Gasteiger partial charge < -0.3 is 25.6 Å². The number of nitrogens with zero attached hydrogens (tertiary/aromatic N) is 6. The number of aryl methyl sites for hydroxylation is 1. The Morgan fingerprint density at radius 3 is 2.46 bits per heavy atom. The third-order valence-corrected chi connectivity index (χ3v) is 7.51. The van der Waals surface area contributed by atoms with E-state index in [4.69, 9.17) is 16.2 Å². The number of nitrogens with one attached hydrogen (secondary N) is 1. The lowest BCUT2D eigenvalue weighted by molar-refractivity contribution is 0.0982. The van der Waals surface area contributed by atoms with Crippen molar-refractivity contribution in [3.63, 3.8) is 0 Å². The number of aromatic nitrogens is 2. The van der Waals surface area contributed by atoms with Crippen LogP contribution in [-0.4, -0.2) is 85.4 Å². The minimum atomic E-state index is -1.12. The number of piperidine rings is 1. The Labute approximate surface area is 207 Å². The lowest BCUT2D eigenvalue weighted by Gasteiger charge is -2.43. The number of piperazine rings is 1. The third-order valence-electron chi connectivity index (χ3n) is 7.51. The first kappa shape index (κ1) is 23.7. The van der Waals surface area contributed by atoms with Crippen LogP contribution in [0.5, 0.6) is 5.75 Å². The van der Waals surface area contributed by atoms with E-state index in [1.807, 2.05) is 24.1 Å². The molecule has 1 unspecified atom stereocenters. The molecule has 0 saturated carbocycles. The van der Waals surface area contributed by atoms with E-state index in [0.717, 1.165) is 74.5 Å². The molecule has 5 N–H and O–H groups in total. The fourth-order valence-electron chi connectivity index (χ4n) is 5.44. The molecule has 35 heavy (non-hydrogen) atoms. The maximum absolute atomic E-state index is 6.72. The van der Waals surface area contributed by atoms with Gasteiger partial charge in [-0.05, 0) is 26.0 Å². The summed E-state index contributed by atoms with van der Waals surface area (Å²) in [6.07, 6.45) is 9.48. The molecule has 1 atom stereocenters. The third kappa shape index (κ3) is 4.73. The Balaban J connectivity index is 1.48. The van der Waals surface area contributed by atoms with E-state index >= 15 is 0 Å². The van der Waals surface area contributed by atoms with E-state index in [2.05, 4.69) is 49.3 Å². The number of hydrogen-bond donors (Lipinski definition) is 3. The predicted molar refractivity (Wildman–Crippen MR) is 139 cm³/mol. The van der Waals surface area contributed by atoms with Crippen LogP contribution >= 0.6 is 0 Å². The molecule has 3 aliphatic heterocycles. The second-order valence-electron chi connectivity index (χ2n) is 9.86. The van der Waals surface area contributed by atoms with E-state index in [1.165, 1.54) is 6.34 Å². The maximum Gasteiger partial charge on any atom is 0.161 e. The van der Waals surface area contributed by atoms with Crippen molar-refractivity contribution < 1.29 is 4.74 Å². The number of hydrogen-bond acceptors (Lipinski definition) is 9. The predicted octanol–water partition coefficient (Wildman–Crippen LogP) is 0.855. The lowest BCUT2D eigenvalue weighted by Crippen LogP contribution is -2.52. The smallest absolute Gasteiger partial charge is 0.161 e. The summed E-state index contributed by atoms with van der Waals surface area (Å²) in [5, 5.41) is 7.32. The minimum absolute atomic E-state index is 0.461. The molecule has 1 aromatic heterocycles. The Morgan fingerprint density at radius 2 is 1.83 bits per heavy atom. The summed E-state index contributed by atoms with van der Waals surface area (Å²) >= 11 is 0. The van der Waals surface area contributed by atoms with Gasteiger partial charge in [0.1, 0.15) is 11.6 Å². The van der Waals surface area contributed by atoms with Gasteiger partial charge in [-0.2, -0.15) is 5.10 Å². The number of aliphatic imine (C=N–C) groups is 1. The molecule has 0 aliphatic carbocycles.